The van der Waals surface area contributed by atoms with E-state index in [1.54, 1.807) is 0 Å². The number of amides is 1. The summed E-state index contributed by atoms with van der Waals surface area (Å²) in [6.45, 7) is 4.14. The summed E-state index contributed by atoms with van der Waals surface area (Å²) in [5.41, 5.74) is 10.5. The van der Waals surface area contributed by atoms with Crippen molar-refractivity contribution in [1.29, 1.82) is 0 Å². The first-order valence-electron chi connectivity index (χ1n) is 3.56. The van der Waals surface area contributed by atoms with Gasteiger partial charge in [-0.15, -0.1) is 0 Å². The topological polar surface area (TPSA) is 69.1 Å². The van der Waals surface area contributed by atoms with Gasteiger partial charge in [0.1, 0.15) is 0 Å². The van der Waals surface area contributed by atoms with Crippen LogP contribution in [0.15, 0.2) is 0 Å². The molecular formula is C7H16N2O. The fraction of sp³-hybridized carbons (Fsp3) is 0.857. The van der Waals surface area contributed by atoms with Crippen molar-refractivity contribution in [2.24, 2.45) is 17.4 Å². The number of carbonyl (C=O) groups is 1. The van der Waals surface area contributed by atoms with Crippen LogP contribution in [0.5, 0.6) is 0 Å². The number of carbonyl (C=O) groups excluding carboxylic acids is 1. The SMILES string of the molecule is CC(C)C[C@@H](N)CC(N)=O. The third kappa shape index (κ3) is 5.56. The monoisotopic (exact) mass is 144 g/mol. The van der Waals surface area contributed by atoms with Gasteiger partial charge < -0.3 is 11.5 Å². The second-order valence-electron chi connectivity index (χ2n) is 3.06. The molecule has 0 radical (unpaired) electrons. The van der Waals surface area contributed by atoms with E-state index in [4.69, 9.17) is 11.5 Å². The first-order valence-corrected chi connectivity index (χ1v) is 3.56. The van der Waals surface area contributed by atoms with Crippen LogP contribution in [0.3, 0.4) is 0 Å². The molecule has 0 heterocycles. The van der Waals surface area contributed by atoms with Gasteiger partial charge in [-0.05, 0) is 12.3 Å². The number of nitrogens with two attached hydrogens (primary N) is 2. The lowest BCUT2D eigenvalue weighted by atomic mass is 10.0. The predicted molar refractivity (Wildman–Crippen MR) is 41.2 cm³/mol. The Balaban J connectivity index is 3.43. The van der Waals surface area contributed by atoms with Crippen LogP contribution in [-0.2, 0) is 4.79 Å². The Morgan fingerprint density at radius 1 is 1.50 bits per heavy atom. The van der Waals surface area contributed by atoms with Crippen molar-refractivity contribution >= 4 is 5.91 Å². The summed E-state index contributed by atoms with van der Waals surface area (Å²) in [5.74, 6) is 0.225. The normalized spacial score (nSPS) is 13.6. The van der Waals surface area contributed by atoms with Crippen molar-refractivity contribution in [2.75, 3.05) is 0 Å². The predicted octanol–water partition coefficient (Wildman–Crippen LogP) is 0.235. The second kappa shape index (κ2) is 4.28. The molecule has 60 valence electrons. The Labute approximate surface area is 61.8 Å². The van der Waals surface area contributed by atoms with E-state index >= 15 is 0 Å². The minimum absolute atomic E-state index is 0.0579. The van der Waals surface area contributed by atoms with E-state index in [2.05, 4.69) is 13.8 Å². The minimum atomic E-state index is -0.312. The summed E-state index contributed by atoms with van der Waals surface area (Å²) < 4.78 is 0. The molecule has 1 atom stereocenters. The van der Waals surface area contributed by atoms with E-state index in [0.29, 0.717) is 12.3 Å². The molecule has 0 bridgehead atoms. The molecule has 1 amide bonds. The van der Waals surface area contributed by atoms with E-state index in [1.807, 2.05) is 0 Å². The van der Waals surface area contributed by atoms with Gasteiger partial charge in [0.25, 0.3) is 0 Å². The molecule has 0 aliphatic rings. The number of primary amides is 1. The number of rotatable bonds is 4. The van der Waals surface area contributed by atoms with E-state index in [9.17, 15) is 4.79 Å². The van der Waals surface area contributed by atoms with Crippen molar-refractivity contribution in [3.63, 3.8) is 0 Å². The third-order valence-corrected chi connectivity index (χ3v) is 1.24. The van der Waals surface area contributed by atoms with Gasteiger partial charge in [0.05, 0.1) is 0 Å². The summed E-state index contributed by atoms with van der Waals surface area (Å²) in [4.78, 5) is 10.3. The molecule has 4 N–H and O–H groups in total. The molecule has 0 aromatic heterocycles. The zero-order valence-corrected chi connectivity index (χ0v) is 6.63. The zero-order chi connectivity index (χ0) is 8.15. The van der Waals surface area contributed by atoms with Crippen LogP contribution in [0.2, 0.25) is 0 Å². The Morgan fingerprint density at radius 3 is 2.30 bits per heavy atom. The van der Waals surface area contributed by atoms with E-state index in [-0.39, 0.29) is 11.9 Å². The second-order valence-corrected chi connectivity index (χ2v) is 3.06. The Hall–Kier alpha value is -0.570. The molecule has 0 unspecified atom stereocenters. The van der Waals surface area contributed by atoms with Crippen LogP contribution in [0.25, 0.3) is 0 Å². The summed E-state index contributed by atoms with van der Waals surface area (Å²) >= 11 is 0. The van der Waals surface area contributed by atoms with Gasteiger partial charge >= 0.3 is 0 Å². The Morgan fingerprint density at radius 2 is 2.00 bits per heavy atom. The van der Waals surface area contributed by atoms with Crippen LogP contribution in [-0.4, -0.2) is 11.9 Å². The first kappa shape index (κ1) is 9.43. The highest BCUT2D eigenvalue weighted by molar-refractivity contribution is 5.74. The quantitative estimate of drug-likeness (QED) is 0.593. The fourth-order valence-corrected chi connectivity index (χ4v) is 0.947. The standard InChI is InChI=1S/C7H16N2O/c1-5(2)3-6(8)4-7(9)10/h5-6H,3-4,8H2,1-2H3,(H2,9,10)/t6-/m1/s1. The average Bonchev–Trinajstić information content (AvgIpc) is 1.58. The van der Waals surface area contributed by atoms with E-state index < -0.39 is 0 Å². The maximum absolute atomic E-state index is 10.3. The molecule has 0 aromatic rings. The van der Waals surface area contributed by atoms with Gasteiger partial charge in [0.2, 0.25) is 5.91 Å². The lowest BCUT2D eigenvalue weighted by Gasteiger charge is -2.10. The lowest BCUT2D eigenvalue weighted by molar-refractivity contribution is -0.118. The summed E-state index contributed by atoms with van der Waals surface area (Å²) in [6.07, 6.45) is 1.17. The maximum atomic E-state index is 10.3. The maximum Gasteiger partial charge on any atom is 0.218 e. The highest BCUT2D eigenvalue weighted by Gasteiger charge is 2.07. The zero-order valence-electron chi connectivity index (χ0n) is 6.63. The van der Waals surface area contributed by atoms with Crippen molar-refractivity contribution in [2.45, 2.75) is 32.7 Å². The van der Waals surface area contributed by atoms with Crippen molar-refractivity contribution in [3.05, 3.63) is 0 Å². The summed E-state index contributed by atoms with van der Waals surface area (Å²) in [5, 5.41) is 0. The molecule has 0 saturated heterocycles. The van der Waals surface area contributed by atoms with Gasteiger partial charge in [0.15, 0.2) is 0 Å². The van der Waals surface area contributed by atoms with Gasteiger partial charge in [-0.25, -0.2) is 0 Å². The van der Waals surface area contributed by atoms with Gasteiger partial charge in [-0.1, -0.05) is 13.8 Å². The van der Waals surface area contributed by atoms with Crippen molar-refractivity contribution < 1.29 is 4.79 Å². The van der Waals surface area contributed by atoms with E-state index in [0.717, 1.165) is 6.42 Å². The molecular weight excluding hydrogens is 128 g/mol. The fourth-order valence-electron chi connectivity index (χ4n) is 0.947. The lowest BCUT2D eigenvalue weighted by Crippen LogP contribution is -2.28. The number of hydrogen-bond acceptors (Lipinski definition) is 2. The first-order chi connectivity index (χ1) is 4.52. The van der Waals surface area contributed by atoms with Crippen LogP contribution < -0.4 is 11.5 Å². The largest absolute Gasteiger partial charge is 0.370 e. The molecule has 0 rings (SSSR count). The molecule has 0 spiro atoms. The smallest absolute Gasteiger partial charge is 0.218 e. The highest BCUT2D eigenvalue weighted by atomic mass is 16.1. The van der Waals surface area contributed by atoms with Crippen LogP contribution >= 0.6 is 0 Å². The highest BCUT2D eigenvalue weighted by Crippen LogP contribution is 2.04. The minimum Gasteiger partial charge on any atom is -0.370 e. The average molecular weight is 144 g/mol. The van der Waals surface area contributed by atoms with Crippen molar-refractivity contribution in [3.8, 4) is 0 Å². The summed E-state index contributed by atoms with van der Waals surface area (Å²) in [7, 11) is 0. The number of hydrogen-bond donors (Lipinski definition) is 2. The molecule has 0 aliphatic heterocycles. The molecule has 0 fully saturated rings. The molecule has 0 saturated carbocycles. The van der Waals surface area contributed by atoms with Crippen molar-refractivity contribution in [1.82, 2.24) is 0 Å². The Bertz CT molecular complexity index is 112. The van der Waals surface area contributed by atoms with E-state index in [1.165, 1.54) is 0 Å². The Kier molecular flexibility index (Phi) is 4.03. The van der Waals surface area contributed by atoms with Gasteiger partial charge in [-0.2, -0.15) is 0 Å². The molecule has 10 heavy (non-hydrogen) atoms. The third-order valence-electron chi connectivity index (χ3n) is 1.24. The van der Waals surface area contributed by atoms with Gasteiger partial charge in [0, 0.05) is 12.5 Å². The van der Waals surface area contributed by atoms with Crippen LogP contribution in [0.4, 0.5) is 0 Å². The molecule has 3 nitrogen and oxygen atoms in total. The molecule has 0 aromatic carbocycles. The van der Waals surface area contributed by atoms with Crippen LogP contribution in [0, 0.1) is 5.92 Å². The molecule has 0 aliphatic carbocycles. The van der Waals surface area contributed by atoms with Crippen LogP contribution in [0.1, 0.15) is 26.7 Å². The molecule has 3 heteroatoms. The summed E-state index contributed by atoms with van der Waals surface area (Å²) in [6, 6.07) is -0.0579. The van der Waals surface area contributed by atoms with Gasteiger partial charge in [-0.3, -0.25) is 4.79 Å².